The normalized spacial score (nSPS) is 15.9. The molecule has 1 rings (SSSR count). The van der Waals surface area contributed by atoms with Crippen molar-refractivity contribution in [3.8, 4) is 0 Å². The van der Waals surface area contributed by atoms with Gasteiger partial charge in [-0.3, -0.25) is 4.98 Å². The quantitative estimate of drug-likeness (QED) is 0.817. The van der Waals surface area contributed by atoms with E-state index in [1.54, 1.807) is 6.20 Å². The lowest BCUT2D eigenvalue weighted by atomic mass is 10.00. The Morgan fingerprint density at radius 2 is 2.13 bits per heavy atom. The van der Waals surface area contributed by atoms with Crippen molar-refractivity contribution in [2.24, 2.45) is 5.73 Å². The predicted octanol–water partition coefficient (Wildman–Crippen LogP) is 0.557. The fourth-order valence-corrected chi connectivity index (χ4v) is 2.35. The Morgan fingerprint density at radius 3 is 2.60 bits per heavy atom. The Balaban J connectivity index is 2.73. The zero-order chi connectivity index (χ0) is 11.5. The van der Waals surface area contributed by atoms with Crippen LogP contribution in [0.25, 0.3) is 0 Å². The lowest BCUT2D eigenvalue weighted by Gasteiger charge is -2.18. The Kier molecular flexibility index (Phi) is 3.82. The van der Waals surface area contributed by atoms with Crippen LogP contribution in [-0.4, -0.2) is 31.5 Å². The fraction of sp³-hybridized carbons (Fsp3) is 0.500. The van der Waals surface area contributed by atoms with E-state index in [0.717, 1.165) is 5.69 Å². The number of rotatable bonds is 4. The van der Waals surface area contributed by atoms with Crippen molar-refractivity contribution in [2.45, 2.75) is 18.9 Å². The van der Waals surface area contributed by atoms with Crippen molar-refractivity contribution in [1.29, 1.82) is 0 Å². The van der Waals surface area contributed by atoms with E-state index in [1.165, 1.54) is 6.26 Å². The highest BCUT2D eigenvalue weighted by Gasteiger charge is 2.19. The molecule has 0 radical (unpaired) electrons. The largest absolute Gasteiger partial charge is 0.326 e. The summed E-state index contributed by atoms with van der Waals surface area (Å²) < 4.78 is 22.2. The van der Waals surface area contributed by atoms with E-state index in [-0.39, 0.29) is 11.7 Å². The first kappa shape index (κ1) is 12.1. The first-order chi connectivity index (χ1) is 6.90. The molecule has 1 aromatic heterocycles. The second-order valence-electron chi connectivity index (χ2n) is 3.80. The van der Waals surface area contributed by atoms with Crippen molar-refractivity contribution < 1.29 is 8.42 Å². The molecule has 0 amide bonds. The molecule has 0 fully saturated rings. The predicted molar refractivity (Wildman–Crippen MR) is 60.3 cm³/mol. The van der Waals surface area contributed by atoms with Gasteiger partial charge in [0.05, 0.1) is 5.75 Å². The van der Waals surface area contributed by atoms with E-state index in [2.05, 4.69) is 4.98 Å². The second kappa shape index (κ2) is 4.72. The van der Waals surface area contributed by atoms with Gasteiger partial charge in [-0.25, -0.2) is 8.42 Å². The molecule has 0 aromatic carbocycles. The van der Waals surface area contributed by atoms with E-state index < -0.39 is 15.9 Å². The summed E-state index contributed by atoms with van der Waals surface area (Å²) in [6.45, 7) is 1.89. The van der Waals surface area contributed by atoms with Crippen LogP contribution in [0.2, 0.25) is 0 Å². The number of hydrogen-bond donors (Lipinski definition) is 1. The first-order valence-electron chi connectivity index (χ1n) is 4.74. The molecule has 2 atom stereocenters. The number of hydrogen-bond acceptors (Lipinski definition) is 4. The standard InChI is InChI=1S/C10H16N2O2S/c1-8(9(11)7-15(2,13)14)10-5-3-4-6-12-10/h3-6,8-9H,7,11H2,1-2H3. The SMILES string of the molecule is CC(c1ccccn1)C(N)CS(C)(=O)=O. The van der Waals surface area contributed by atoms with Gasteiger partial charge < -0.3 is 5.73 Å². The van der Waals surface area contributed by atoms with Gasteiger partial charge in [-0.15, -0.1) is 0 Å². The van der Waals surface area contributed by atoms with E-state index in [1.807, 2.05) is 25.1 Å². The van der Waals surface area contributed by atoms with Crippen LogP contribution < -0.4 is 5.73 Å². The fourth-order valence-electron chi connectivity index (χ4n) is 1.36. The smallest absolute Gasteiger partial charge is 0.149 e. The van der Waals surface area contributed by atoms with Crippen LogP contribution in [0.15, 0.2) is 24.4 Å². The summed E-state index contributed by atoms with van der Waals surface area (Å²) in [5, 5.41) is 0. The summed E-state index contributed by atoms with van der Waals surface area (Å²) in [5.41, 5.74) is 6.64. The van der Waals surface area contributed by atoms with Crippen LogP contribution in [0, 0.1) is 0 Å². The Labute approximate surface area is 90.4 Å². The van der Waals surface area contributed by atoms with Crippen molar-refractivity contribution >= 4 is 9.84 Å². The zero-order valence-electron chi connectivity index (χ0n) is 8.92. The maximum absolute atomic E-state index is 11.1. The molecule has 0 aliphatic rings. The molecule has 1 aromatic rings. The number of nitrogens with zero attached hydrogens (tertiary/aromatic N) is 1. The molecule has 1 heterocycles. The van der Waals surface area contributed by atoms with Gasteiger partial charge in [0.25, 0.3) is 0 Å². The third-order valence-corrected chi connectivity index (χ3v) is 3.28. The van der Waals surface area contributed by atoms with Crippen LogP contribution in [0.4, 0.5) is 0 Å². The monoisotopic (exact) mass is 228 g/mol. The molecule has 0 bridgehead atoms. The molecule has 2 N–H and O–H groups in total. The van der Waals surface area contributed by atoms with Gasteiger partial charge in [-0.2, -0.15) is 0 Å². The summed E-state index contributed by atoms with van der Waals surface area (Å²) in [6, 6.07) is 5.13. The van der Waals surface area contributed by atoms with Gasteiger partial charge in [0, 0.05) is 30.1 Å². The van der Waals surface area contributed by atoms with Gasteiger partial charge in [0.2, 0.25) is 0 Å². The topological polar surface area (TPSA) is 73.0 Å². The maximum Gasteiger partial charge on any atom is 0.149 e. The van der Waals surface area contributed by atoms with E-state index in [9.17, 15) is 8.42 Å². The Bertz CT molecular complexity index is 403. The molecular formula is C10H16N2O2S. The van der Waals surface area contributed by atoms with Crippen molar-refractivity contribution in [1.82, 2.24) is 4.98 Å². The third kappa shape index (κ3) is 3.97. The highest BCUT2D eigenvalue weighted by atomic mass is 32.2. The van der Waals surface area contributed by atoms with Crippen molar-refractivity contribution in [2.75, 3.05) is 12.0 Å². The average Bonchev–Trinajstić information content (AvgIpc) is 2.15. The third-order valence-electron chi connectivity index (χ3n) is 2.29. The summed E-state index contributed by atoms with van der Waals surface area (Å²) in [7, 11) is -3.03. The minimum absolute atomic E-state index is 0.00919. The molecule has 2 unspecified atom stereocenters. The molecule has 4 nitrogen and oxygen atoms in total. The number of aromatic nitrogens is 1. The van der Waals surface area contributed by atoms with E-state index in [4.69, 9.17) is 5.73 Å². The summed E-state index contributed by atoms with van der Waals surface area (Å²) in [4.78, 5) is 4.15. The molecular weight excluding hydrogens is 212 g/mol. The van der Waals surface area contributed by atoms with Crippen LogP contribution >= 0.6 is 0 Å². The van der Waals surface area contributed by atoms with Crippen molar-refractivity contribution in [3.05, 3.63) is 30.1 Å². The van der Waals surface area contributed by atoms with Gasteiger partial charge in [-0.05, 0) is 12.1 Å². The zero-order valence-corrected chi connectivity index (χ0v) is 9.74. The minimum Gasteiger partial charge on any atom is -0.326 e. The lowest BCUT2D eigenvalue weighted by molar-refractivity contribution is 0.564. The maximum atomic E-state index is 11.1. The summed E-state index contributed by atoms with van der Waals surface area (Å²) in [5.74, 6) is -0.0639. The number of nitrogens with two attached hydrogens (primary N) is 1. The van der Waals surface area contributed by atoms with Crippen LogP contribution in [-0.2, 0) is 9.84 Å². The molecule has 0 saturated heterocycles. The van der Waals surface area contributed by atoms with Gasteiger partial charge in [0.15, 0.2) is 0 Å². The first-order valence-corrected chi connectivity index (χ1v) is 6.80. The summed E-state index contributed by atoms with van der Waals surface area (Å²) in [6.07, 6.45) is 2.87. The van der Waals surface area contributed by atoms with Crippen LogP contribution in [0.5, 0.6) is 0 Å². The highest BCUT2D eigenvalue weighted by molar-refractivity contribution is 7.90. The molecule has 0 spiro atoms. The minimum atomic E-state index is -3.03. The van der Waals surface area contributed by atoms with Crippen LogP contribution in [0.1, 0.15) is 18.5 Å². The highest BCUT2D eigenvalue weighted by Crippen LogP contribution is 2.15. The average molecular weight is 228 g/mol. The molecule has 84 valence electrons. The van der Waals surface area contributed by atoms with Gasteiger partial charge in [0.1, 0.15) is 9.84 Å². The lowest BCUT2D eigenvalue weighted by Crippen LogP contribution is -2.34. The van der Waals surface area contributed by atoms with E-state index >= 15 is 0 Å². The molecule has 5 heteroatoms. The Hall–Kier alpha value is -0.940. The molecule has 0 aliphatic carbocycles. The molecule has 0 saturated carbocycles. The van der Waals surface area contributed by atoms with E-state index in [0.29, 0.717) is 0 Å². The van der Waals surface area contributed by atoms with Crippen molar-refractivity contribution in [3.63, 3.8) is 0 Å². The second-order valence-corrected chi connectivity index (χ2v) is 5.98. The molecule has 0 aliphatic heterocycles. The van der Waals surface area contributed by atoms with Gasteiger partial charge >= 0.3 is 0 Å². The number of sulfone groups is 1. The van der Waals surface area contributed by atoms with Gasteiger partial charge in [-0.1, -0.05) is 13.0 Å². The molecule has 15 heavy (non-hydrogen) atoms. The van der Waals surface area contributed by atoms with Crippen LogP contribution in [0.3, 0.4) is 0 Å². The summed E-state index contributed by atoms with van der Waals surface area (Å²) >= 11 is 0. The Morgan fingerprint density at radius 1 is 1.47 bits per heavy atom. The number of pyridine rings is 1.